The lowest BCUT2D eigenvalue weighted by Gasteiger charge is -2.29. The molecule has 0 aliphatic heterocycles. The van der Waals surface area contributed by atoms with E-state index in [9.17, 15) is 9.59 Å². The summed E-state index contributed by atoms with van der Waals surface area (Å²) in [7, 11) is 0. The lowest BCUT2D eigenvalue weighted by Crippen LogP contribution is -2.49. The van der Waals surface area contributed by atoms with E-state index in [1.807, 2.05) is 50.2 Å². The van der Waals surface area contributed by atoms with Gasteiger partial charge in [-0.2, -0.15) is 0 Å². The van der Waals surface area contributed by atoms with Crippen LogP contribution in [-0.2, 0) is 16.1 Å². The van der Waals surface area contributed by atoms with E-state index < -0.39 is 6.04 Å². The van der Waals surface area contributed by atoms with Crippen LogP contribution in [0.15, 0.2) is 48.5 Å². The smallest absolute Gasteiger partial charge is 0.261 e. The molecule has 2 rings (SSSR count). The zero-order chi connectivity index (χ0) is 20.5. The molecule has 0 saturated heterocycles. The molecule has 0 fully saturated rings. The maximum atomic E-state index is 12.9. The molecule has 0 spiro atoms. The van der Waals surface area contributed by atoms with Gasteiger partial charge in [-0.15, -0.1) is 0 Å². The number of aryl methyl sites for hydroxylation is 1. The van der Waals surface area contributed by atoms with E-state index in [2.05, 4.69) is 5.32 Å². The molecule has 0 bridgehead atoms. The van der Waals surface area contributed by atoms with E-state index in [4.69, 9.17) is 16.3 Å². The van der Waals surface area contributed by atoms with E-state index in [0.29, 0.717) is 17.3 Å². The molecule has 1 N–H and O–H groups in total. The number of nitrogens with one attached hydrogen (secondary N) is 1. The summed E-state index contributed by atoms with van der Waals surface area (Å²) in [5.41, 5.74) is 1.80. The fraction of sp³-hybridized carbons (Fsp3) is 0.364. The molecule has 6 heteroatoms. The second kappa shape index (κ2) is 10.7. The number of carbonyl (C=O) groups excluding carboxylic acids is 2. The van der Waals surface area contributed by atoms with Gasteiger partial charge in [0.25, 0.3) is 5.91 Å². The van der Waals surface area contributed by atoms with Crippen LogP contribution in [0.5, 0.6) is 5.75 Å². The first-order valence-corrected chi connectivity index (χ1v) is 9.80. The second-order valence-electron chi connectivity index (χ2n) is 6.67. The molecule has 0 aliphatic carbocycles. The first-order chi connectivity index (χ1) is 13.4. The number of halogens is 1. The molecule has 1 atom stereocenters. The highest BCUT2D eigenvalue weighted by Crippen LogP contribution is 2.18. The first kappa shape index (κ1) is 21.8. The fourth-order valence-electron chi connectivity index (χ4n) is 2.75. The third-order valence-corrected chi connectivity index (χ3v) is 4.64. The summed E-state index contributed by atoms with van der Waals surface area (Å²) in [5.74, 6) is 0.206. The zero-order valence-electron chi connectivity index (χ0n) is 16.6. The standard InChI is InChI=1S/C22H27ClN2O3/c1-4-12-24-22(27)17(3)25(14-18-9-7-10-19(23)13-18)21(26)15-28-20-11-6-5-8-16(20)2/h5-11,13,17H,4,12,14-15H2,1-3H3,(H,24,27)/t17-/m0/s1. The molecule has 0 saturated carbocycles. The van der Waals surface area contributed by atoms with Crippen LogP contribution in [0.1, 0.15) is 31.4 Å². The number of amides is 2. The van der Waals surface area contributed by atoms with Gasteiger partial charge in [-0.25, -0.2) is 0 Å². The third-order valence-electron chi connectivity index (χ3n) is 4.40. The average Bonchev–Trinajstić information content (AvgIpc) is 2.69. The maximum Gasteiger partial charge on any atom is 0.261 e. The topological polar surface area (TPSA) is 58.6 Å². The number of hydrogen-bond donors (Lipinski definition) is 1. The van der Waals surface area contributed by atoms with Gasteiger partial charge in [0.1, 0.15) is 11.8 Å². The molecular formula is C22H27ClN2O3. The van der Waals surface area contributed by atoms with Crippen molar-refractivity contribution in [3.05, 3.63) is 64.7 Å². The van der Waals surface area contributed by atoms with Crippen LogP contribution in [0, 0.1) is 6.92 Å². The summed E-state index contributed by atoms with van der Waals surface area (Å²) in [4.78, 5) is 26.9. The van der Waals surface area contributed by atoms with Crippen LogP contribution in [-0.4, -0.2) is 35.9 Å². The highest BCUT2D eigenvalue weighted by atomic mass is 35.5. The number of hydrogen-bond acceptors (Lipinski definition) is 3. The second-order valence-corrected chi connectivity index (χ2v) is 7.11. The molecule has 5 nitrogen and oxygen atoms in total. The third kappa shape index (κ3) is 6.27. The Morgan fingerprint density at radius 2 is 1.93 bits per heavy atom. The van der Waals surface area contributed by atoms with Crippen molar-refractivity contribution in [2.24, 2.45) is 0 Å². The van der Waals surface area contributed by atoms with Crippen LogP contribution >= 0.6 is 11.6 Å². The molecule has 2 aromatic carbocycles. The van der Waals surface area contributed by atoms with Gasteiger partial charge in [0, 0.05) is 18.1 Å². The predicted octanol–water partition coefficient (Wildman–Crippen LogP) is 3.97. The number of carbonyl (C=O) groups is 2. The van der Waals surface area contributed by atoms with Crippen LogP contribution in [0.2, 0.25) is 5.02 Å². The fourth-order valence-corrected chi connectivity index (χ4v) is 2.96. The Kier molecular flexibility index (Phi) is 8.33. The molecule has 150 valence electrons. The molecule has 2 aromatic rings. The van der Waals surface area contributed by atoms with Crippen LogP contribution < -0.4 is 10.1 Å². The van der Waals surface area contributed by atoms with Gasteiger partial charge in [-0.3, -0.25) is 9.59 Å². The Morgan fingerprint density at radius 3 is 2.61 bits per heavy atom. The Morgan fingerprint density at radius 1 is 1.18 bits per heavy atom. The molecule has 0 heterocycles. The number of para-hydroxylation sites is 1. The Bertz CT molecular complexity index is 810. The first-order valence-electron chi connectivity index (χ1n) is 9.42. The van der Waals surface area contributed by atoms with Gasteiger partial charge in [-0.05, 0) is 49.6 Å². The molecule has 0 aromatic heterocycles. The van der Waals surface area contributed by atoms with E-state index in [0.717, 1.165) is 17.5 Å². The van der Waals surface area contributed by atoms with E-state index in [-0.39, 0.29) is 25.0 Å². The molecule has 28 heavy (non-hydrogen) atoms. The monoisotopic (exact) mass is 402 g/mol. The highest BCUT2D eigenvalue weighted by molar-refractivity contribution is 6.30. The van der Waals surface area contributed by atoms with Crippen molar-refractivity contribution in [1.29, 1.82) is 0 Å². The minimum absolute atomic E-state index is 0.142. The SMILES string of the molecule is CCCNC(=O)[C@H](C)N(Cc1cccc(Cl)c1)C(=O)COc1ccccc1C. The number of nitrogens with zero attached hydrogens (tertiary/aromatic N) is 1. The lowest BCUT2D eigenvalue weighted by atomic mass is 10.1. The van der Waals surface area contributed by atoms with Crippen molar-refractivity contribution in [1.82, 2.24) is 10.2 Å². The summed E-state index contributed by atoms with van der Waals surface area (Å²) in [6.07, 6.45) is 0.830. The Balaban J connectivity index is 2.14. The molecule has 2 amide bonds. The summed E-state index contributed by atoms with van der Waals surface area (Å²) in [5, 5.41) is 3.43. The molecule has 0 unspecified atom stereocenters. The van der Waals surface area contributed by atoms with E-state index in [1.165, 1.54) is 4.90 Å². The number of rotatable bonds is 9. The van der Waals surface area contributed by atoms with Crippen LogP contribution in [0.4, 0.5) is 0 Å². The van der Waals surface area contributed by atoms with E-state index >= 15 is 0 Å². The van der Waals surface area contributed by atoms with Gasteiger partial charge >= 0.3 is 0 Å². The van der Waals surface area contributed by atoms with Gasteiger partial charge in [0.15, 0.2) is 6.61 Å². The van der Waals surface area contributed by atoms with Crippen molar-refractivity contribution in [3.8, 4) is 5.75 Å². The van der Waals surface area contributed by atoms with Crippen LogP contribution in [0.3, 0.4) is 0 Å². The minimum atomic E-state index is -0.626. The molecule has 0 aliphatic rings. The van der Waals surface area contributed by atoms with Gasteiger partial charge in [0.2, 0.25) is 5.91 Å². The van der Waals surface area contributed by atoms with Crippen molar-refractivity contribution in [2.45, 2.75) is 39.8 Å². The highest BCUT2D eigenvalue weighted by Gasteiger charge is 2.26. The van der Waals surface area contributed by atoms with Crippen molar-refractivity contribution < 1.29 is 14.3 Å². The zero-order valence-corrected chi connectivity index (χ0v) is 17.3. The summed E-state index contributed by atoms with van der Waals surface area (Å²) in [6, 6.07) is 14.2. The van der Waals surface area contributed by atoms with Gasteiger partial charge in [0.05, 0.1) is 0 Å². The summed E-state index contributed by atoms with van der Waals surface area (Å²) < 4.78 is 5.70. The lowest BCUT2D eigenvalue weighted by molar-refractivity contribution is -0.142. The van der Waals surface area contributed by atoms with Crippen LogP contribution in [0.25, 0.3) is 0 Å². The van der Waals surface area contributed by atoms with Crippen molar-refractivity contribution >= 4 is 23.4 Å². The Labute approximate surface area is 171 Å². The van der Waals surface area contributed by atoms with Crippen molar-refractivity contribution in [2.75, 3.05) is 13.2 Å². The van der Waals surface area contributed by atoms with Gasteiger partial charge < -0.3 is 15.0 Å². The number of ether oxygens (including phenoxy) is 1. The predicted molar refractivity (Wildman–Crippen MR) is 111 cm³/mol. The molecular weight excluding hydrogens is 376 g/mol. The molecule has 0 radical (unpaired) electrons. The average molecular weight is 403 g/mol. The largest absolute Gasteiger partial charge is 0.484 e. The maximum absolute atomic E-state index is 12.9. The van der Waals surface area contributed by atoms with Crippen molar-refractivity contribution in [3.63, 3.8) is 0 Å². The summed E-state index contributed by atoms with van der Waals surface area (Å²) in [6.45, 7) is 6.33. The summed E-state index contributed by atoms with van der Waals surface area (Å²) >= 11 is 6.07. The quantitative estimate of drug-likeness (QED) is 0.690. The van der Waals surface area contributed by atoms with E-state index in [1.54, 1.807) is 19.1 Å². The Hall–Kier alpha value is -2.53. The number of benzene rings is 2. The van der Waals surface area contributed by atoms with Gasteiger partial charge in [-0.1, -0.05) is 48.9 Å². The normalized spacial score (nSPS) is 11.6. The minimum Gasteiger partial charge on any atom is -0.484 e.